The third-order valence-electron chi connectivity index (χ3n) is 11.0. The maximum Gasteiger partial charge on any atom is 0.0740 e. The van der Waals surface area contributed by atoms with E-state index in [0.717, 1.165) is 56.7 Å². The van der Waals surface area contributed by atoms with Gasteiger partial charge in [0.2, 0.25) is 0 Å². The normalized spacial score (nSPS) is 44.9. The van der Waals surface area contributed by atoms with Crippen molar-refractivity contribution in [3.8, 4) is 0 Å². The van der Waals surface area contributed by atoms with Crippen LogP contribution in [0.15, 0.2) is 22.8 Å². The smallest absolute Gasteiger partial charge is 0.0740 e. The number of hydrogen-bond acceptors (Lipinski definition) is 4. The van der Waals surface area contributed by atoms with Crippen LogP contribution in [0.1, 0.15) is 79.1 Å². The van der Waals surface area contributed by atoms with E-state index in [-0.39, 0.29) is 6.10 Å². The molecular formula is C31H52N2O2. The molecule has 2 aliphatic heterocycles. The molecule has 1 N–H and O–H groups in total. The molecule has 0 aromatic carbocycles. The highest BCUT2D eigenvalue weighted by atomic mass is 16.5. The Kier molecular flexibility index (Phi) is 7.59. The van der Waals surface area contributed by atoms with Crippen LogP contribution in [0.2, 0.25) is 0 Å². The Morgan fingerprint density at radius 2 is 1.97 bits per heavy atom. The second-order valence-corrected chi connectivity index (χ2v) is 13.7. The molecule has 4 heteroatoms. The number of ether oxygens (including phenoxy) is 1. The van der Waals surface area contributed by atoms with E-state index in [4.69, 9.17) is 4.74 Å². The number of fused-ring (bicyclic) bond motifs is 6. The summed E-state index contributed by atoms with van der Waals surface area (Å²) in [5, 5.41) is 10.4. The van der Waals surface area contributed by atoms with Gasteiger partial charge in [0.1, 0.15) is 0 Å². The lowest BCUT2D eigenvalue weighted by atomic mass is 9.56. The molecule has 2 heterocycles. The molecule has 0 amide bonds. The molecule has 9 atom stereocenters. The molecule has 5 rings (SSSR count). The molecule has 198 valence electrons. The number of rotatable bonds is 3. The molecule has 0 radical (unpaired) electrons. The highest BCUT2D eigenvalue weighted by Gasteiger charge is 2.53. The van der Waals surface area contributed by atoms with Gasteiger partial charge < -0.3 is 14.7 Å². The van der Waals surface area contributed by atoms with E-state index in [1.165, 1.54) is 44.2 Å². The lowest BCUT2D eigenvalue weighted by Crippen LogP contribution is -2.56. The second kappa shape index (κ2) is 10.2. The van der Waals surface area contributed by atoms with Crippen molar-refractivity contribution in [1.29, 1.82) is 0 Å². The van der Waals surface area contributed by atoms with Gasteiger partial charge in [0.05, 0.1) is 18.8 Å². The van der Waals surface area contributed by atoms with Gasteiger partial charge in [-0.15, -0.1) is 0 Å². The minimum atomic E-state index is -0.121. The van der Waals surface area contributed by atoms with E-state index in [9.17, 15) is 5.11 Å². The maximum atomic E-state index is 10.4. The van der Waals surface area contributed by atoms with Crippen molar-refractivity contribution in [1.82, 2.24) is 9.80 Å². The molecule has 0 bridgehead atoms. The zero-order valence-corrected chi connectivity index (χ0v) is 23.4. The van der Waals surface area contributed by atoms with Gasteiger partial charge in [-0.3, -0.25) is 4.90 Å². The lowest BCUT2D eigenvalue weighted by molar-refractivity contribution is -0.0733. The predicted molar refractivity (Wildman–Crippen MR) is 144 cm³/mol. The highest BCUT2D eigenvalue weighted by Crippen LogP contribution is 2.62. The standard InChI is InChI=1S/C31H52N2O2/c1-20-15-29-30(33(18-20)14-13-32(5)6)21(2)7-9-25-26-10-8-23-16-24(34)11-12-31(23,4)28(26)17-27(25)22(3)19-35-29/h8,20-21,24-26,28-30,34H,7,9-19H2,1-6H3. The third-order valence-corrected chi connectivity index (χ3v) is 11.0. The van der Waals surface area contributed by atoms with Crippen molar-refractivity contribution in [3.05, 3.63) is 22.8 Å². The average Bonchev–Trinajstić information content (AvgIpc) is 3.19. The summed E-state index contributed by atoms with van der Waals surface area (Å²) >= 11 is 0. The van der Waals surface area contributed by atoms with Gasteiger partial charge in [-0.25, -0.2) is 0 Å². The number of aliphatic hydroxyl groups excluding tert-OH is 1. The Balaban J connectivity index is 1.40. The summed E-state index contributed by atoms with van der Waals surface area (Å²) in [6, 6.07) is 0.549. The van der Waals surface area contributed by atoms with Gasteiger partial charge >= 0.3 is 0 Å². The maximum absolute atomic E-state index is 10.4. The van der Waals surface area contributed by atoms with Crippen LogP contribution >= 0.6 is 0 Å². The van der Waals surface area contributed by atoms with E-state index in [1.54, 1.807) is 11.1 Å². The Hall–Kier alpha value is -0.680. The summed E-state index contributed by atoms with van der Waals surface area (Å²) in [6.45, 7) is 14.2. The van der Waals surface area contributed by atoms with Crippen molar-refractivity contribution in [2.45, 2.75) is 97.3 Å². The first kappa shape index (κ1) is 25.9. The van der Waals surface area contributed by atoms with Crippen molar-refractivity contribution >= 4 is 0 Å². The molecule has 0 spiro atoms. The van der Waals surface area contributed by atoms with Crippen molar-refractivity contribution in [2.75, 3.05) is 40.3 Å². The summed E-state index contributed by atoms with van der Waals surface area (Å²) in [6.07, 6.45) is 12.2. The first-order chi connectivity index (χ1) is 16.7. The Morgan fingerprint density at radius 3 is 2.74 bits per heavy atom. The zero-order chi connectivity index (χ0) is 24.9. The quantitative estimate of drug-likeness (QED) is 0.535. The molecule has 0 aromatic heterocycles. The molecule has 2 saturated carbocycles. The number of piperidine rings is 1. The molecule has 4 nitrogen and oxygen atoms in total. The lowest BCUT2D eigenvalue weighted by Gasteiger charge is -2.49. The fraction of sp³-hybridized carbons (Fsp3) is 0.871. The Labute approximate surface area is 215 Å². The molecule has 3 fully saturated rings. The third kappa shape index (κ3) is 4.94. The van der Waals surface area contributed by atoms with Crippen LogP contribution < -0.4 is 0 Å². The average molecular weight is 485 g/mol. The largest absolute Gasteiger partial charge is 0.393 e. The number of nitrogens with zero attached hydrogens (tertiary/aromatic N) is 2. The molecule has 3 aliphatic carbocycles. The van der Waals surface area contributed by atoms with E-state index in [2.05, 4.69) is 57.7 Å². The van der Waals surface area contributed by atoms with E-state index in [1.807, 2.05) is 0 Å². The van der Waals surface area contributed by atoms with E-state index < -0.39 is 0 Å². The van der Waals surface area contributed by atoms with Crippen LogP contribution in [0.4, 0.5) is 0 Å². The first-order valence-corrected chi connectivity index (χ1v) is 14.7. The van der Waals surface area contributed by atoms with Gasteiger partial charge in [0.25, 0.3) is 0 Å². The summed E-state index contributed by atoms with van der Waals surface area (Å²) < 4.78 is 6.86. The van der Waals surface area contributed by atoms with Crippen LogP contribution in [-0.2, 0) is 4.74 Å². The molecule has 1 saturated heterocycles. The SMILES string of the molecule is CC1=C2CC3C(CC=C4CC(O)CCC43C)C2CCC(C)C2C(CC(C)CN2CCN(C)C)OC1. The minimum Gasteiger partial charge on any atom is -0.393 e. The minimum absolute atomic E-state index is 0.121. The summed E-state index contributed by atoms with van der Waals surface area (Å²) in [5.41, 5.74) is 5.15. The van der Waals surface area contributed by atoms with Gasteiger partial charge in [-0.05, 0) is 113 Å². The first-order valence-electron chi connectivity index (χ1n) is 14.7. The molecule has 9 unspecified atom stereocenters. The fourth-order valence-corrected chi connectivity index (χ4v) is 8.99. The monoisotopic (exact) mass is 484 g/mol. The van der Waals surface area contributed by atoms with Crippen LogP contribution in [0.5, 0.6) is 0 Å². The number of hydrogen-bond donors (Lipinski definition) is 1. The van der Waals surface area contributed by atoms with Crippen molar-refractivity contribution in [3.63, 3.8) is 0 Å². The molecule has 0 aromatic rings. The predicted octanol–water partition coefficient (Wildman–Crippen LogP) is 5.52. The van der Waals surface area contributed by atoms with E-state index >= 15 is 0 Å². The summed E-state index contributed by atoms with van der Waals surface area (Å²) in [7, 11) is 4.39. The molecule has 35 heavy (non-hydrogen) atoms. The summed E-state index contributed by atoms with van der Waals surface area (Å²) in [4.78, 5) is 5.11. The van der Waals surface area contributed by atoms with Crippen LogP contribution in [0.25, 0.3) is 0 Å². The molecular weight excluding hydrogens is 432 g/mol. The second-order valence-electron chi connectivity index (χ2n) is 13.7. The number of likely N-dealkylation sites (N-methyl/N-ethyl adjacent to an activating group) is 1. The topological polar surface area (TPSA) is 35.9 Å². The van der Waals surface area contributed by atoms with E-state index in [0.29, 0.717) is 29.4 Å². The fourth-order valence-electron chi connectivity index (χ4n) is 8.99. The highest BCUT2D eigenvalue weighted by molar-refractivity contribution is 5.32. The van der Waals surface area contributed by atoms with Crippen LogP contribution in [0, 0.1) is 35.0 Å². The van der Waals surface area contributed by atoms with Gasteiger partial charge in [-0.1, -0.05) is 38.0 Å². The summed E-state index contributed by atoms with van der Waals surface area (Å²) in [5.74, 6) is 3.63. The van der Waals surface area contributed by atoms with Gasteiger partial charge in [-0.2, -0.15) is 0 Å². The zero-order valence-electron chi connectivity index (χ0n) is 23.4. The molecule has 5 aliphatic rings. The van der Waals surface area contributed by atoms with Crippen molar-refractivity contribution < 1.29 is 9.84 Å². The number of aliphatic hydroxyl groups is 1. The van der Waals surface area contributed by atoms with Crippen molar-refractivity contribution in [2.24, 2.45) is 35.0 Å². The van der Waals surface area contributed by atoms with Gasteiger partial charge in [0.15, 0.2) is 0 Å². The van der Waals surface area contributed by atoms with Crippen LogP contribution in [0.3, 0.4) is 0 Å². The van der Waals surface area contributed by atoms with Gasteiger partial charge in [0, 0.05) is 25.7 Å². The number of allylic oxidation sites excluding steroid dienone is 2. The Bertz CT molecular complexity index is 834. The Morgan fingerprint density at radius 1 is 1.17 bits per heavy atom. The van der Waals surface area contributed by atoms with Crippen LogP contribution in [-0.4, -0.2) is 73.5 Å². The number of likely N-dealkylation sites (tertiary alicyclic amines) is 1.